The zero-order valence-electron chi connectivity index (χ0n) is 16.2. The summed E-state index contributed by atoms with van der Waals surface area (Å²) in [5.41, 5.74) is 10.5. The monoisotopic (exact) mass is 408 g/mol. The van der Waals surface area contributed by atoms with Crippen LogP contribution in [0.1, 0.15) is 0 Å². The van der Waals surface area contributed by atoms with Crippen molar-refractivity contribution in [2.75, 3.05) is 5.73 Å². The lowest BCUT2D eigenvalue weighted by Crippen LogP contribution is -2.05. The Kier molecular flexibility index (Phi) is 4.26. The fourth-order valence-corrected chi connectivity index (χ4v) is 3.85. The molecule has 0 amide bonds. The van der Waals surface area contributed by atoms with Crippen LogP contribution in [0, 0.1) is 10.1 Å². The molecule has 5 aromatic rings. The second-order valence-corrected chi connectivity index (χ2v) is 7.19. The molecule has 0 atom stereocenters. The number of nitrogen functional groups attached to an aromatic ring is 1. The molecule has 0 bridgehead atoms. The van der Waals surface area contributed by atoms with Crippen LogP contribution >= 0.6 is 0 Å². The van der Waals surface area contributed by atoms with Crippen LogP contribution in [0.4, 0.5) is 11.4 Å². The number of para-hydroxylation sites is 1. The van der Waals surface area contributed by atoms with E-state index in [9.17, 15) is 14.9 Å². The smallest absolute Gasteiger partial charge is 0.269 e. The largest absolute Gasteiger partial charge is 0.455 e. The zero-order valence-corrected chi connectivity index (χ0v) is 16.2. The summed E-state index contributed by atoms with van der Waals surface area (Å²) in [5, 5.41) is 11.9. The third kappa shape index (κ3) is 3.02. The van der Waals surface area contributed by atoms with E-state index in [-0.39, 0.29) is 11.1 Å². The van der Waals surface area contributed by atoms with Crippen molar-refractivity contribution >= 4 is 33.3 Å². The second kappa shape index (κ2) is 7.11. The number of rotatable bonds is 3. The Balaban J connectivity index is 1.90. The van der Waals surface area contributed by atoms with Crippen LogP contribution in [-0.4, -0.2) is 4.92 Å². The van der Waals surface area contributed by atoms with Crippen LogP contribution in [0.15, 0.2) is 94.1 Å². The first kappa shape index (κ1) is 18.6. The number of nitrogens with two attached hydrogens (primary N) is 1. The minimum Gasteiger partial charge on any atom is -0.455 e. The molecule has 0 aliphatic rings. The fraction of sp³-hybridized carbons (Fsp3) is 0. The van der Waals surface area contributed by atoms with Gasteiger partial charge in [0.25, 0.3) is 5.69 Å². The van der Waals surface area contributed by atoms with Gasteiger partial charge in [-0.2, -0.15) is 0 Å². The summed E-state index contributed by atoms with van der Waals surface area (Å²) >= 11 is 0. The van der Waals surface area contributed by atoms with Gasteiger partial charge in [0.1, 0.15) is 11.2 Å². The van der Waals surface area contributed by atoms with E-state index in [1.807, 2.05) is 36.4 Å². The molecule has 0 radical (unpaired) electrons. The number of non-ortho nitro benzene ring substituents is 1. The van der Waals surface area contributed by atoms with E-state index in [0.29, 0.717) is 44.3 Å². The normalized spacial score (nSPS) is 11.1. The number of nitrogens with zero attached hydrogens (tertiary/aromatic N) is 1. The van der Waals surface area contributed by atoms with Gasteiger partial charge in [-0.25, -0.2) is 0 Å². The lowest BCUT2D eigenvalue weighted by Gasteiger charge is -2.15. The number of nitro benzene ring substituents is 1. The van der Waals surface area contributed by atoms with Gasteiger partial charge in [-0.05, 0) is 41.5 Å². The minimum atomic E-state index is -0.455. The molecule has 0 fully saturated rings. The van der Waals surface area contributed by atoms with Crippen molar-refractivity contribution < 1.29 is 9.34 Å². The number of hydrogen-bond acceptors (Lipinski definition) is 5. The van der Waals surface area contributed by atoms with Crippen molar-refractivity contribution in [1.29, 1.82) is 0 Å². The summed E-state index contributed by atoms with van der Waals surface area (Å²) in [6.07, 6.45) is 0. The van der Waals surface area contributed by atoms with E-state index in [2.05, 4.69) is 0 Å². The topological polar surface area (TPSA) is 99.4 Å². The molecule has 0 aliphatic heterocycles. The van der Waals surface area contributed by atoms with Gasteiger partial charge in [-0.1, -0.05) is 42.5 Å². The van der Waals surface area contributed by atoms with Crippen molar-refractivity contribution in [3.63, 3.8) is 0 Å². The van der Waals surface area contributed by atoms with Crippen molar-refractivity contribution in [3.8, 4) is 22.3 Å². The average molecular weight is 408 g/mol. The van der Waals surface area contributed by atoms with Crippen LogP contribution in [0.3, 0.4) is 0 Å². The molecule has 0 unspecified atom stereocenters. The van der Waals surface area contributed by atoms with Gasteiger partial charge in [0.2, 0.25) is 5.43 Å². The number of benzene rings is 4. The van der Waals surface area contributed by atoms with Gasteiger partial charge < -0.3 is 10.2 Å². The Morgan fingerprint density at radius 3 is 2.19 bits per heavy atom. The van der Waals surface area contributed by atoms with Crippen LogP contribution < -0.4 is 11.2 Å². The predicted octanol–water partition coefficient (Wildman–Crippen LogP) is 5.77. The lowest BCUT2D eigenvalue weighted by molar-refractivity contribution is -0.384. The van der Waals surface area contributed by atoms with Crippen molar-refractivity contribution in [2.45, 2.75) is 0 Å². The van der Waals surface area contributed by atoms with E-state index in [1.165, 1.54) is 12.1 Å². The maximum absolute atomic E-state index is 13.3. The maximum Gasteiger partial charge on any atom is 0.269 e. The van der Waals surface area contributed by atoms with Crippen molar-refractivity contribution in [2.24, 2.45) is 0 Å². The standard InChI is InChI=1S/C25H16N2O4/c26-23-19(15-10-12-17(13-11-15)27(29)30)14-20-24(28)18-8-4-5-9-21(18)31-25(20)22(23)16-6-2-1-3-7-16/h1-14H,26H2. The average Bonchev–Trinajstić information content (AvgIpc) is 2.80. The van der Waals surface area contributed by atoms with Crippen LogP contribution in [-0.2, 0) is 0 Å². The van der Waals surface area contributed by atoms with E-state index >= 15 is 0 Å². The minimum absolute atomic E-state index is 0.0168. The molecular formula is C25H16N2O4. The second-order valence-electron chi connectivity index (χ2n) is 7.19. The van der Waals surface area contributed by atoms with Crippen LogP contribution in [0.2, 0.25) is 0 Å². The summed E-state index contributed by atoms with van der Waals surface area (Å²) in [6.45, 7) is 0. The van der Waals surface area contributed by atoms with E-state index in [4.69, 9.17) is 10.2 Å². The number of hydrogen-bond donors (Lipinski definition) is 1. The van der Waals surface area contributed by atoms with Gasteiger partial charge in [-0.15, -0.1) is 0 Å². The highest BCUT2D eigenvalue weighted by Gasteiger charge is 2.20. The Labute approximate surface area is 176 Å². The first-order valence-corrected chi connectivity index (χ1v) is 9.63. The number of anilines is 1. The molecule has 2 N–H and O–H groups in total. The Morgan fingerprint density at radius 1 is 0.806 bits per heavy atom. The molecule has 5 rings (SSSR count). The summed E-state index contributed by atoms with van der Waals surface area (Å²) in [6, 6.07) is 24.4. The van der Waals surface area contributed by atoms with Crippen LogP contribution in [0.25, 0.3) is 44.2 Å². The Morgan fingerprint density at radius 2 is 1.48 bits per heavy atom. The zero-order chi connectivity index (χ0) is 21.5. The molecular weight excluding hydrogens is 392 g/mol. The molecule has 0 spiro atoms. The highest BCUT2D eigenvalue weighted by molar-refractivity contribution is 6.07. The molecule has 6 heteroatoms. The van der Waals surface area contributed by atoms with Crippen molar-refractivity contribution in [3.05, 3.63) is 105 Å². The summed E-state index contributed by atoms with van der Waals surface area (Å²) in [5.74, 6) is 0. The van der Waals surface area contributed by atoms with Gasteiger partial charge in [0.15, 0.2) is 0 Å². The molecule has 0 aliphatic carbocycles. The predicted molar refractivity (Wildman–Crippen MR) is 122 cm³/mol. The summed E-state index contributed by atoms with van der Waals surface area (Å²) in [7, 11) is 0. The van der Waals surface area contributed by atoms with Gasteiger partial charge in [0, 0.05) is 23.3 Å². The fourth-order valence-electron chi connectivity index (χ4n) is 3.85. The number of nitro groups is 1. The van der Waals surface area contributed by atoms with Gasteiger partial charge in [0.05, 0.1) is 21.4 Å². The number of fused-ring (bicyclic) bond motifs is 2. The van der Waals surface area contributed by atoms with Gasteiger partial charge in [-0.3, -0.25) is 14.9 Å². The SMILES string of the molecule is Nc1c(-c2ccc([N+](=O)[O-])cc2)cc2c(=O)c3ccccc3oc2c1-c1ccccc1. The first-order chi connectivity index (χ1) is 15.0. The third-order valence-electron chi connectivity index (χ3n) is 5.36. The van der Waals surface area contributed by atoms with E-state index < -0.39 is 4.92 Å². The highest BCUT2D eigenvalue weighted by Crippen LogP contribution is 2.41. The quantitative estimate of drug-likeness (QED) is 0.177. The Hall–Kier alpha value is -4.45. The first-order valence-electron chi connectivity index (χ1n) is 9.63. The highest BCUT2D eigenvalue weighted by atomic mass is 16.6. The summed E-state index contributed by atoms with van der Waals surface area (Å²) in [4.78, 5) is 23.9. The molecule has 150 valence electrons. The molecule has 0 saturated heterocycles. The molecule has 6 nitrogen and oxygen atoms in total. The van der Waals surface area contributed by atoms with E-state index in [1.54, 1.807) is 36.4 Å². The third-order valence-corrected chi connectivity index (χ3v) is 5.36. The molecule has 1 aromatic heterocycles. The van der Waals surface area contributed by atoms with Crippen molar-refractivity contribution in [1.82, 2.24) is 0 Å². The summed E-state index contributed by atoms with van der Waals surface area (Å²) < 4.78 is 6.17. The van der Waals surface area contributed by atoms with Gasteiger partial charge >= 0.3 is 0 Å². The molecule has 31 heavy (non-hydrogen) atoms. The molecule has 1 heterocycles. The molecule has 4 aromatic carbocycles. The van der Waals surface area contributed by atoms with Crippen LogP contribution in [0.5, 0.6) is 0 Å². The maximum atomic E-state index is 13.3. The lowest BCUT2D eigenvalue weighted by atomic mass is 9.93. The molecule has 0 saturated carbocycles. The van der Waals surface area contributed by atoms with E-state index in [0.717, 1.165) is 5.56 Å². The Bertz CT molecular complexity index is 1520.